The van der Waals surface area contributed by atoms with Crippen molar-refractivity contribution in [2.75, 3.05) is 23.3 Å². The van der Waals surface area contributed by atoms with Crippen LogP contribution in [0.3, 0.4) is 0 Å². The lowest BCUT2D eigenvalue weighted by Crippen LogP contribution is -2.23. The Morgan fingerprint density at radius 3 is 2.73 bits per heavy atom. The molecule has 4 rings (SSSR count). The molecule has 0 spiro atoms. The first kappa shape index (κ1) is 20.5. The number of nitrogens with one attached hydrogen (secondary N) is 1. The van der Waals surface area contributed by atoms with Gasteiger partial charge in [0.2, 0.25) is 0 Å². The van der Waals surface area contributed by atoms with Crippen molar-refractivity contribution in [1.29, 1.82) is 0 Å². The molecule has 1 aliphatic heterocycles. The van der Waals surface area contributed by atoms with Crippen LogP contribution in [0.2, 0.25) is 0 Å². The van der Waals surface area contributed by atoms with Crippen molar-refractivity contribution < 1.29 is 15.0 Å². The zero-order valence-electron chi connectivity index (χ0n) is 16.5. The average molecular weight is 421 g/mol. The maximum Gasteiger partial charge on any atom is 0.255 e. The fraction of sp³-hybridized carbons (Fsp3) is 0.208. The Balaban J connectivity index is 1.44. The molecule has 154 valence electrons. The number of aliphatic hydroxyl groups is 2. The number of hydrogen-bond acceptors (Lipinski definition) is 5. The van der Waals surface area contributed by atoms with Gasteiger partial charge < -0.3 is 20.4 Å². The number of thiol groups is 1. The standard InChI is InChI=1S/C24H24N2O3S/c27-23(25-21-9-8-19(30)15-20(21)24(28)29)18-6-3-4-16(14-18)10-12-26-13-11-17-5-1-2-7-22(17)26/h1-9,14-15,24,28-30H,10-13H2,(H,25,27). The molecule has 0 saturated carbocycles. The monoisotopic (exact) mass is 420 g/mol. The molecule has 0 radical (unpaired) electrons. The van der Waals surface area contributed by atoms with Crippen molar-refractivity contribution in [3.63, 3.8) is 0 Å². The molecule has 3 aromatic rings. The number of hydrogen-bond donors (Lipinski definition) is 4. The summed E-state index contributed by atoms with van der Waals surface area (Å²) in [5.41, 5.74) is 4.86. The lowest BCUT2D eigenvalue weighted by atomic mass is 10.1. The highest BCUT2D eigenvalue weighted by atomic mass is 32.1. The minimum atomic E-state index is -1.69. The predicted molar refractivity (Wildman–Crippen MR) is 121 cm³/mol. The van der Waals surface area contributed by atoms with Gasteiger partial charge in [0.1, 0.15) is 0 Å². The van der Waals surface area contributed by atoms with Crippen molar-refractivity contribution in [3.8, 4) is 0 Å². The zero-order valence-corrected chi connectivity index (χ0v) is 17.3. The van der Waals surface area contributed by atoms with E-state index in [0.29, 0.717) is 16.1 Å². The number of nitrogens with zero attached hydrogens (tertiary/aromatic N) is 1. The number of carbonyl (C=O) groups is 1. The molecule has 0 saturated heterocycles. The van der Waals surface area contributed by atoms with Gasteiger partial charge in [-0.05, 0) is 60.4 Å². The Kier molecular flexibility index (Phi) is 6.08. The van der Waals surface area contributed by atoms with E-state index in [0.717, 1.165) is 31.5 Å². The minimum absolute atomic E-state index is 0.208. The summed E-state index contributed by atoms with van der Waals surface area (Å²) in [6, 6.07) is 20.9. The maximum absolute atomic E-state index is 12.7. The van der Waals surface area contributed by atoms with Crippen LogP contribution < -0.4 is 10.2 Å². The molecule has 0 fully saturated rings. The molecule has 6 heteroatoms. The van der Waals surface area contributed by atoms with Gasteiger partial charge in [-0.2, -0.15) is 0 Å². The Morgan fingerprint density at radius 1 is 1.07 bits per heavy atom. The number of aliphatic hydroxyl groups excluding tert-OH is 1. The number of para-hydroxylation sites is 1. The van der Waals surface area contributed by atoms with Gasteiger partial charge in [-0.1, -0.05) is 30.3 Å². The molecule has 5 nitrogen and oxygen atoms in total. The van der Waals surface area contributed by atoms with Crippen LogP contribution in [-0.2, 0) is 12.8 Å². The van der Waals surface area contributed by atoms with Crippen LogP contribution in [0.15, 0.2) is 71.6 Å². The fourth-order valence-electron chi connectivity index (χ4n) is 3.84. The van der Waals surface area contributed by atoms with Gasteiger partial charge in [0.25, 0.3) is 5.91 Å². The molecule has 0 atom stereocenters. The molecule has 1 amide bonds. The van der Waals surface area contributed by atoms with E-state index in [4.69, 9.17) is 0 Å². The van der Waals surface area contributed by atoms with Gasteiger partial charge in [0.15, 0.2) is 6.29 Å². The van der Waals surface area contributed by atoms with Crippen LogP contribution in [0.5, 0.6) is 0 Å². The summed E-state index contributed by atoms with van der Waals surface area (Å²) in [4.78, 5) is 15.7. The minimum Gasteiger partial charge on any atom is -0.371 e. The molecular weight excluding hydrogens is 396 g/mol. The molecular formula is C24H24N2O3S. The molecule has 1 aliphatic rings. The molecule has 1 heterocycles. The molecule has 30 heavy (non-hydrogen) atoms. The summed E-state index contributed by atoms with van der Waals surface area (Å²) in [7, 11) is 0. The van der Waals surface area contributed by atoms with E-state index in [-0.39, 0.29) is 11.5 Å². The van der Waals surface area contributed by atoms with Gasteiger partial charge >= 0.3 is 0 Å². The number of amides is 1. The number of benzene rings is 3. The second-order valence-corrected chi connectivity index (χ2v) is 7.93. The number of anilines is 2. The SMILES string of the molecule is O=C(Nc1ccc(S)cc1C(O)O)c1cccc(CCN2CCc3ccccc32)c1. The van der Waals surface area contributed by atoms with E-state index in [1.165, 1.54) is 17.3 Å². The van der Waals surface area contributed by atoms with Gasteiger partial charge in [-0.3, -0.25) is 4.79 Å². The highest BCUT2D eigenvalue weighted by Crippen LogP contribution is 2.28. The summed E-state index contributed by atoms with van der Waals surface area (Å²) in [6.07, 6.45) is 0.217. The zero-order chi connectivity index (χ0) is 21.1. The Bertz CT molecular complexity index is 1070. The van der Waals surface area contributed by atoms with E-state index in [1.807, 2.05) is 18.2 Å². The predicted octanol–water partition coefficient (Wildman–Crippen LogP) is 3.82. The van der Waals surface area contributed by atoms with Crippen molar-refractivity contribution in [1.82, 2.24) is 0 Å². The lowest BCUT2D eigenvalue weighted by Gasteiger charge is -2.19. The van der Waals surface area contributed by atoms with Crippen molar-refractivity contribution >= 4 is 29.9 Å². The van der Waals surface area contributed by atoms with Crippen LogP contribution in [0.4, 0.5) is 11.4 Å². The molecule has 0 aromatic heterocycles. The first-order chi connectivity index (χ1) is 14.5. The number of rotatable bonds is 6. The highest BCUT2D eigenvalue weighted by Gasteiger charge is 2.18. The maximum atomic E-state index is 12.7. The Labute approximate surface area is 181 Å². The molecule has 3 aromatic carbocycles. The van der Waals surface area contributed by atoms with Gasteiger partial charge in [-0.15, -0.1) is 12.6 Å². The summed E-state index contributed by atoms with van der Waals surface area (Å²) >= 11 is 4.21. The summed E-state index contributed by atoms with van der Waals surface area (Å²) in [5, 5.41) is 21.9. The third-order valence-corrected chi connectivity index (χ3v) is 5.68. The third kappa shape index (κ3) is 4.51. The second kappa shape index (κ2) is 8.92. The molecule has 0 aliphatic carbocycles. The van der Waals surface area contributed by atoms with Crippen molar-refractivity contribution in [3.05, 3.63) is 89.0 Å². The van der Waals surface area contributed by atoms with Gasteiger partial charge in [-0.25, -0.2) is 0 Å². The molecule has 3 N–H and O–H groups in total. The van der Waals surface area contributed by atoms with Crippen LogP contribution in [0.25, 0.3) is 0 Å². The van der Waals surface area contributed by atoms with Crippen LogP contribution in [0, 0.1) is 0 Å². The van der Waals surface area contributed by atoms with E-state index in [9.17, 15) is 15.0 Å². The van der Waals surface area contributed by atoms with E-state index in [1.54, 1.807) is 18.2 Å². The first-order valence-electron chi connectivity index (χ1n) is 9.93. The van der Waals surface area contributed by atoms with Gasteiger partial charge in [0.05, 0.1) is 0 Å². The van der Waals surface area contributed by atoms with Crippen LogP contribution in [-0.4, -0.2) is 29.2 Å². The summed E-state index contributed by atoms with van der Waals surface area (Å²) in [5.74, 6) is -0.294. The number of fused-ring (bicyclic) bond motifs is 1. The van der Waals surface area contributed by atoms with Gasteiger partial charge in [0, 0.05) is 40.5 Å². The first-order valence-corrected chi connectivity index (χ1v) is 10.4. The smallest absolute Gasteiger partial charge is 0.255 e. The lowest BCUT2D eigenvalue weighted by molar-refractivity contribution is -0.0420. The normalized spacial score (nSPS) is 12.9. The molecule has 0 unspecified atom stereocenters. The van der Waals surface area contributed by atoms with Crippen LogP contribution in [0.1, 0.15) is 33.3 Å². The largest absolute Gasteiger partial charge is 0.371 e. The van der Waals surface area contributed by atoms with E-state index < -0.39 is 6.29 Å². The third-order valence-electron chi connectivity index (χ3n) is 5.40. The van der Waals surface area contributed by atoms with E-state index >= 15 is 0 Å². The second-order valence-electron chi connectivity index (χ2n) is 7.42. The Morgan fingerprint density at radius 2 is 1.90 bits per heavy atom. The van der Waals surface area contributed by atoms with E-state index in [2.05, 4.69) is 47.1 Å². The van der Waals surface area contributed by atoms with Crippen LogP contribution >= 0.6 is 12.6 Å². The Hall–Kier alpha value is -2.80. The average Bonchev–Trinajstić information content (AvgIpc) is 3.16. The fourth-order valence-corrected chi connectivity index (χ4v) is 4.06. The van der Waals surface area contributed by atoms with Crippen molar-refractivity contribution in [2.24, 2.45) is 0 Å². The highest BCUT2D eigenvalue weighted by molar-refractivity contribution is 7.80. The summed E-state index contributed by atoms with van der Waals surface area (Å²) in [6.45, 7) is 1.92. The topological polar surface area (TPSA) is 72.8 Å². The summed E-state index contributed by atoms with van der Waals surface area (Å²) < 4.78 is 0. The number of carbonyl (C=O) groups excluding carboxylic acids is 1. The van der Waals surface area contributed by atoms with Crippen molar-refractivity contribution in [2.45, 2.75) is 24.0 Å². The quantitative estimate of drug-likeness (QED) is 0.361. The molecule has 0 bridgehead atoms.